The molecule has 1 amide bonds. The Hall–Kier alpha value is -1.32. The number of rotatable bonds is 1. The second-order valence-corrected chi connectivity index (χ2v) is 3.05. The average Bonchev–Trinajstić information content (AvgIpc) is 2.47. The van der Waals surface area contributed by atoms with Crippen molar-refractivity contribution in [2.24, 2.45) is 0 Å². The van der Waals surface area contributed by atoms with Crippen molar-refractivity contribution in [1.82, 2.24) is 14.5 Å². The number of hydrogen-bond acceptors (Lipinski definition) is 2. The van der Waals surface area contributed by atoms with Crippen LogP contribution in [0.25, 0.3) is 0 Å². The van der Waals surface area contributed by atoms with Gasteiger partial charge in [0.05, 0.1) is 24.3 Å². The van der Waals surface area contributed by atoms with E-state index in [1.54, 1.807) is 4.90 Å². The molecule has 12 heavy (non-hydrogen) atoms. The molecule has 1 aromatic heterocycles. The number of carbonyl (C=O) groups excluding carboxylic acids is 1. The van der Waals surface area contributed by atoms with Gasteiger partial charge >= 0.3 is 0 Å². The van der Waals surface area contributed by atoms with Gasteiger partial charge in [-0.05, 0) is 6.92 Å². The van der Waals surface area contributed by atoms with E-state index in [4.69, 9.17) is 0 Å². The molecule has 4 heteroatoms. The Bertz CT molecular complexity index is 305. The minimum Gasteiger partial charge on any atom is -0.338 e. The van der Waals surface area contributed by atoms with Gasteiger partial charge in [-0.2, -0.15) is 0 Å². The molecular formula is C8H11N3O. The molecule has 1 aliphatic heterocycles. The molecule has 0 saturated carbocycles. The molecule has 0 atom stereocenters. The lowest BCUT2D eigenvalue weighted by Crippen LogP contribution is -2.32. The van der Waals surface area contributed by atoms with Gasteiger partial charge in [-0.3, -0.25) is 4.79 Å². The zero-order valence-corrected chi connectivity index (χ0v) is 7.03. The van der Waals surface area contributed by atoms with E-state index in [9.17, 15) is 4.79 Å². The van der Waals surface area contributed by atoms with Crippen LogP contribution in [-0.4, -0.2) is 27.4 Å². The van der Waals surface area contributed by atoms with E-state index in [1.165, 1.54) is 0 Å². The van der Waals surface area contributed by atoms with Crippen molar-refractivity contribution in [2.75, 3.05) is 6.54 Å². The molecule has 0 aromatic carbocycles. The molecular weight excluding hydrogens is 154 g/mol. The fraction of sp³-hybridized carbons (Fsp3) is 0.500. The number of fused-ring (bicyclic) bond motifs is 1. The molecule has 0 spiro atoms. The summed E-state index contributed by atoms with van der Waals surface area (Å²) in [6, 6.07) is 0. The summed E-state index contributed by atoms with van der Waals surface area (Å²) in [4.78, 5) is 16.5. The van der Waals surface area contributed by atoms with Gasteiger partial charge in [0.1, 0.15) is 0 Å². The number of nitrogens with zero attached hydrogens (tertiary/aromatic N) is 3. The number of aryl methyl sites for hydroxylation is 1. The molecule has 0 fully saturated rings. The molecule has 0 radical (unpaired) electrons. The molecule has 2 rings (SSSR count). The number of amides is 1. The van der Waals surface area contributed by atoms with Gasteiger partial charge in [-0.25, -0.2) is 4.98 Å². The van der Waals surface area contributed by atoms with Gasteiger partial charge in [0.15, 0.2) is 0 Å². The van der Waals surface area contributed by atoms with Crippen molar-refractivity contribution in [2.45, 2.75) is 20.0 Å². The third kappa shape index (κ3) is 0.995. The minimum absolute atomic E-state index is 0.704. The van der Waals surface area contributed by atoms with Gasteiger partial charge in [0.2, 0.25) is 6.41 Å². The van der Waals surface area contributed by atoms with Crippen LogP contribution in [-0.2, 0) is 17.9 Å². The van der Waals surface area contributed by atoms with Crippen LogP contribution in [0.1, 0.15) is 11.4 Å². The van der Waals surface area contributed by atoms with E-state index in [0.717, 1.165) is 30.9 Å². The lowest BCUT2D eigenvalue weighted by atomic mass is 10.3. The maximum atomic E-state index is 10.5. The van der Waals surface area contributed by atoms with Crippen LogP contribution in [0, 0.1) is 6.92 Å². The first-order valence-corrected chi connectivity index (χ1v) is 4.01. The maximum Gasteiger partial charge on any atom is 0.210 e. The van der Waals surface area contributed by atoms with Crippen LogP contribution >= 0.6 is 0 Å². The highest BCUT2D eigenvalue weighted by atomic mass is 16.1. The van der Waals surface area contributed by atoms with Gasteiger partial charge in [0, 0.05) is 13.1 Å². The normalized spacial score (nSPS) is 15.9. The Morgan fingerprint density at radius 1 is 1.58 bits per heavy atom. The minimum atomic E-state index is 0.704. The molecule has 2 heterocycles. The van der Waals surface area contributed by atoms with E-state index in [2.05, 4.69) is 9.55 Å². The zero-order valence-electron chi connectivity index (χ0n) is 7.03. The Morgan fingerprint density at radius 2 is 2.42 bits per heavy atom. The van der Waals surface area contributed by atoms with Crippen molar-refractivity contribution in [3.8, 4) is 0 Å². The molecule has 0 N–H and O–H groups in total. The average molecular weight is 165 g/mol. The van der Waals surface area contributed by atoms with Crippen LogP contribution < -0.4 is 0 Å². The van der Waals surface area contributed by atoms with E-state index in [0.29, 0.717) is 6.54 Å². The van der Waals surface area contributed by atoms with E-state index in [-0.39, 0.29) is 0 Å². The van der Waals surface area contributed by atoms with Crippen LogP contribution in [0.3, 0.4) is 0 Å². The molecule has 1 aliphatic rings. The number of imidazole rings is 1. The van der Waals surface area contributed by atoms with E-state index < -0.39 is 0 Å². The van der Waals surface area contributed by atoms with Crippen molar-refractivity contribution < 1.29 is 4.79 Å². The molecule has 0 unspecified atom stereocenters. The fourth-order valence-electron chi connectivity index (χ4n) is 1.50. The highest BCUT2D eigenvalue weighted by molar-refractivity contribution is 5.47. The molecule has 0 saturated heterocycles. The lowest BCUT2D eigenvalue weighted by Gasteiger charge is -2.24. The quantitative estimate of drug-likeness (QED) is 0.556. The summed E-state index contributed by atoms with van der Waals surface area (Å²) >= 11 is 0. The number of hydrogen-bond donors (Lipinski definition) is 0. The van der Waals surface area contributed by atoms with Gasteiger partial charge in [0.25, 0.3) is 0 Å². The molecule has 0 aliphatic carbocycles. The van der Waals surface area contributed by atoms with Crippen molar-refractivity contribution in [3.05, 3.63) is 17.7 Å². The number of carbonyl (C=O) groups is 1. The van der Waals surface area contributed by atoms with Crippen molar-refractivity contribution in [1.29, 1.82) is 0 Å². The predicted octanol–water partition coefficient (Wildman–Crippen LogP) is 0.164. The summed E-state index contributed by atoms with van der Waals surface area (Å²) in [5, 5.41) is 0. The summed E-state index contributed by atoms with van der Waals surface area (Å²) in [7, 11) is 0. The van der Waals surface area contributed by atoms with Crippen molar-refractivity contribution in [3.63, 3.8) is 0 Å². The summed E-state index contributed by atoms with van der Waals surface area (Å²) < 4.78 is 2.11. The monoisotopic (exact) mass is 165 g/mol. The fourth-order valence-corrected chi connectivity index (χ4v) is 1.50. The highest BCUT2D eigenvalue weighted by Crippen LogP contribution is 2.13. The third-order valence-electron chi connectivity index (χ3n) is 2.29. The Kier molecular flexibility index (Phi) is 1.60. The smallest absolute Gasteiger partial charge is 0.210 e. The van der Waals surface area contributed by atoms with Crippen LogP contribution in [0.5, 0.6) is 0 Å². The second kappa shape index (κ2) is 2.62. The Labute approximate surface area is 70.8 Å². The topological polar surface area (TPSA) is 38.1 Å². The summed E-state index contributed by atoms with van der Waals surface area (Å²) in [5.74, 6) is 0. The lowest BCUT2D eigenvalue weighted by molar-refractivity contribution is -0.119. The highest BCUT2D eigenvalue weighted by Gasteiger charge is 2.16. The standard InChI is InChI=1S/C8H11N3O/c1-7-8-4-10(6-12)2-3-11(8)5-9-7/h5-6H,2-4H2,1H3. The summed E-state index contributed by atoms with van der Waals surface area (Å²) in [5.41, 5.74) is 2.19. The summed E-state index contributed by atoms with van der Waals surface area (Å²) in [6.45, 7) is 4.34. The first-order valence-electron chi connectivity index (χ1n) is 4.01. The molecule has 4 nitrogen and oxygen atoms in total. The third-order valence-corrected chi connectivity index (χ3v) is 2.29. The number of aromatic nitrogens is 2. The summed E-state index contributed by atoms with van der Waals surface area (Å²) in [6.07, 6.45) is 2.74. The van der Waals surface area contributed by atoms with Gasteiger partial charge in [-0.1, -0.05) is 0 Å². The van der Waals surface area contributed by atoms with Crippen LogP contribution in [0.4, 0.5) is 0 Å². The maximum absolute atomic E-state index is 10.5. The first-order chi connectivity index (χ1) is 5.81. The van der Waals surface area contributed by atoms with Gasteiger partial charge < -0.3 is 9.47 Å². The van der Waals surface area contributed by atoms with E-state index >= 15 is 0 Å². The van der Waals surface area contributed by atoms with E-state index in [1.807, 2.05) is 13.3 Å². The first kappa shape index (κ1) is 7.34. The molecule has 64 valence electrons. The Balaban J connectivity index is 2.31. The predicted molar refractivity (Wildman–Crippen MR) is 43.4 cm³/mol. The van der Waals surface area contributed by atoms with Crippen LogP contribution in [0.2, 0.25) is 0 Å². The van der Waals surface area contributed by atoms with Crippen molar-refractivity contribution >= 4 is 6.41 Å². The Morgan fingerprint density at radius 3 is 3.17 bits per heavy atom. The largest absolute Gasteiger partial charge is 0.338 e. The molecule has 0 bridgehead atoms. The van der Waals surface area contributed by atoms with Crippen LogP contribution in [0.15, 0.2) is 6.33 Å². The SMILES string of the molecule is Cc1ncn2c1CN(C=O)CC2. The second-order valence-electron chi connectivity index (χ2n) is 3.05. The van der Waals surface area contributed by atoms with Gasteiger partial charge in [-0.15, -0.1) is 0 Å². The zero-order chi connectivity index (χ0) is 8.55. The molecule has 1 aromatic rings.